The highest BCUT2D eigenvalue weighted by atomic mass is 35.5. The molecule has 6 heteroatoms. The fraction of sp³-hybridized carbons (Fsp3) is 0.300. The van der Waals surface area contributed by atoms with Crippen molar-refractivity contribution in [1.82, 2.24) is 10.1 Å². The molecule has 26 heavy (non-hydrogen) atoms. The van der Waals surface area contributed by atoms with Gasteiger partial charge >= 0.3 is 0 Å². The number of hydrogen-bond acceptors (Lipinski definition) is 3. The van der Waals surface area contributed by atoms with Crippen molar-refractivity contribution in [2.24, 2.45) is 0 Å². The average molecular weight is 371 g/mol. The zero-order chi connectivity index (χ0) is 17.8. The Kier molecular flexibility index (Phi) is 5.29. The average Bonchev–Trinajstić information content (AvgIpc) is 3.13. The molecule has 2 N–H and O–H groups in total. The van der Waals surface area contributed by atoms with Gasteiger partial charge in [0.05, 0.1) is 0 Å². The maximum Gasteiger partial charge on any atom is 0.282 e. The Hall–Kier alpha value is -2.21. The lowest BCUT2D eigenvalue weighted by Crippen LogP contribution is -3.27. The molecule has 0 spiro atoms. The fourth-order valence-corrected chi connectivity index (χ4v) is 3.67. The van der Waals surface area contributed by atoms with E-state index < -0.39 is 0 Å². The van der Waals surface area contributed by atoms with Gasteiger partial charge < -0.3 is 14.3 Å². The van der Waals surface area contributed by atoms with Crippen LogP contribution in [0.25, 0.3) is 11.4 Å². The smallest absolute Gasteiger partial charge is 0.282 e. The number of hydrogen-bond donors (Lipinski definition) is 2. The maximum atomic E-state index is 6.04. The molecular weight excluding hydrogens is 348 g/mol. The molecule has 1 aromatic heterocycles. The Labute approximate surface area is 158 Å². The third-order valence-electron chi connectivity index (χ3n) is 4.91. The first-order chi connectivity index (χ1) is 12.8. The predicted molar refractivity (Wildman–Crippen MR) is 100.0 cm³/mol. The van der Waals surface area contributed by atoms with E-state index in [1.165, 1.54) is 23.6 Å². The van der Waals surface area contributed by atoms with Crippen LogP contribution in [-0.4, -0.2) is 36.3 Å². The minimum Gasteiger partial charge on any atom is -0.333 e. The number of quaternary nitrogens is 2. The van der Waals surface area contributed by atoms with Gasteiger partial charge in [-0.05, 0) is 12.1 Å². The number of nitrogens with one attached hydrogen (secondary N) is 2. The van der Waals surface area contributed by atoms with Gasteiger partial charge in [-0.25, -0.2) is 0 Å². The lowest BCUT2D eigenvalue weighted by Gasteiger charge is -2.28. The number of benzene rings is 2. The van der Waals surface area contributed by atoms with Crippen molar-refractivity contribution in [3.8, 4) is 11.4 Å². The van der Waals surface area contributed by atoms with E-state index in [4.69, 9.17) is 16.1 Å². The Morgan fingerprint density at radius 1 is 0.885 bits per heavy atom. The third-order valence-corrected chi connectivity index (χ3v) is 5.15. The van der Waals surface area contributed by atoms with E-state index in [1.54, 1.807) is 4.90 Å². The largest absolute Gasteiger partial charge is 0.333 e. The van der Waals surface area contributed by atoms with E-state index in [0.717, 1.165) is 31.7 Å². The highest BCUT2D eigenvalue weighted by Crippen LogP contribution is 2.19. The van der Waals surface area contributed by atoms with E-state index in [1.807, 2.05) is 24.3 Å². The van der Waals surface area contributed by atoms with Crippen LogP contribution in [-0.2, 0) is 13.1 Å². The molecule has 134 valence electrons. The quantitative estimate of drug-likeness (QED) is 0.700. The summed E-state index contributed by atoms with van der Waals surface area (Å²) in [6.07, 6.45) is 0. The molecule has 2 aromatic carbocycles. The van der Waals surface area contributed by atoms with Gasteiger partial charge in [0, 0.05) is 16.1 Å². The molecule has 2 heterocycles. The van der Waals surface area contributed by atoms with E-state index in [9.17, 15) is 0 Å². The molecule has 5 nitrogen and oxygen atoms in total. The molecule has 0 saturated carbocycles. The number of nitrogens with zero attached hydrogens (tertiary/aromatic N) is 2. The van der Waals surface area contributed by atoms with Gasteiger partial charge in [0.25, 0.3) is 5.89 Å². The maximum absolute atomic E-state index is 6.04. The molecule has 0 amide bonds. The zero-order valence-electron chi connectivity index (χ0n) is 14.6. The zero-order valence-corrected chi connectivity index (χ0v) is 15.4. The van der Waals surface area contributed by atoms with Crippen LogP contribution in [0.1, 0.15) is 11.5 Å². The van der Waals surface area contributed by atoms with Crippen LogP contribution < -0.4 is 9.80 Å². The summed E-state index contributed by atoms with van der Waals surface area (Å²) in [6.45, 7) is 6.47. The minimum atomic E-state index is 0.607. The second kappa shape index (κ2) is 7.99. The number of halogens is 1. The lowest BCUT2D eigenvalue weighted by molar-refractivity contribution is -1.02. The third kappa shape index (κ3) is 4.30. The summed E-state index contributed by atoms with van der Waals surface area (Å²) < 4.78 is 5.45. The molecule has 0 atom stereocenters. The van der Waals surface area contributed by atoms with Crippen LogP contribution in [0.5, 0.6) is 0 Å². The first kappa shape index (κ1) is 17.2. The molecule has 0 radical (unpaired) electrons. The van der Waals surface area contributed by atoms with Gasteiger partial charge in [-0.15, -0.1) is 0 Å². The first-order valence-electron chi connectivity index (χ1n) is 9.06. The second-order valence-electron chi connectivity index (χ2n) is 6.86. The van der Waals surface area contributed by atoms with Crippen LogP contribution in [0.15, 0.2) is 59.1 Å². The minimum absolute atomic E-state index is 0.607. The number of rotatable bonds is 5. The monoisotopic (exact) mass is 370 g/mol. The van der Waals surface area contributed by atoms with Crippen molar-refractivity contribution in [2.75, 3.05) is 26.2 Å². The van der Waals surface area contributed by atoms with Crippen LogP contribution in [0.2, 0.25) is 5.02 Å². The van der Waals surface area contributed by atoms with Crippen molar-refractivity contribution >= 4 is 11.6 Å². The van der Waals surface area contributed by atoms with Crippen molar-refractivity contribution in [3.05, 3.63) is 71.1 Å². The van der Waals surface area contributed by atoms with Gasteiger partial charge in [-0.2, -0.15) is 4.98 Å². The standard InChI is InChI=1S/C20H21ClN4O/c21-18-8-4-7-17(13-18)20-22-19(26-23-20)15-25-11-9-24(10-12-25)14-16-5-2-1-3-6-16/h1-8,13H,9-12,14-15H2/p+2. The van der Waals surface area contributed by atoms with E-state index in [-0.39, 0.29) is 0 Å². The molecular formula is C20H23ClN4O+2. The van der Waals surface area contributed by atoms with Gasteiger partial charge in [-0.3, -0.25) is 0 Å². The highest BCUT2D eigenvalue weighted by Gasteiger charge is 2.25. The Balaban J connectivity index is 1.31. The Morgan fingerprint density at radius 3 is 2.35 bits per heavy atom. The van der Waals surface area contributed by atoms with Gasteiger partial charge in [0.1, 0.15) is 32.7 Å². The highest BCUT2D eigenvalue weighted by molar-refractivity contribution is 6.30. The molecule has 3 aromatic rings. The van der Waals surface area contributed by atoms with Crippen LogP contribution in [0.4, 0.5) is 0 Å². The summed E-state index contributed by atoms with van der Waals surface area (Å²) in [5.41, 5.74) is 2.30. The number of aromatic nitrogens is 2. The van der Waals surface area contributed by atoms with Gasteiger partial charge in [0.2, 0.25) is 5.82 Å². The SMILES string of the molecule is Clc1cccc(-c2noc(C[NH+]3CC[NH+](Cc4ccccc4)CC3)n2)c1. The summed E-state index contributed by atoms with van der Waals surface area (Å²) in [5.74, 6) is 1.30. The van der Waals surface area contributed by atoms with Crippen molar-refractivity contribution in [3.63, 3.8) is 0 Å². The van der Waals surface area contributed by atoms with Crippen LogP contribution >= 0.6 is 11.6 Å². The second-order valence-corrected chi connectivity index (χ2v) is 7.30. The molecule has 1 saturated heterocycles. The first-order valence-corrected chi connectivity index (χ1v) is 9.43. The van der Waals surface area contributed by atoms with Crippen molar-refractivity contribution in [1.29, 1.82) is 0 Å². The normalized spacial score (nSPS) is 20.2. The van der Waals surface area contributed by atoms with E-state index >= 15 is 0 Å². The molecule has 0 unspecified atom stereocenters. The molecule has 1 aliphatic rings. The summed E-state index contributed by atoms with van der Waals surface area (Å²) in [4.78, 5) is 7.68. The lowest BCUT2D eigenvalue weighted by atomic mass is 10.2. The summed E-state index contributed by atoms with van der Waals surface area (Å²) in [5, 5.41) is 4.78. The van der Waals surface area contributed by atoms with Crippen molar-refractivity contribution < 1.29 is 14.3 Å². The topological polar surface area (TPSA) is 47.8 Å². The molecule has 0 bridgehead atoms. The van der Waals surface area contributed by atoms with E-state index in [2.05, 4.69) is 40.5 Å². The Morgan fingerprint density at radius 2 is 1.62 bits per heavy atom. The fourth-order valence-electron chi connectivity index (χ4n) is 3.48. The molecule has 1 fully saturated rings. The van der Waals surface area contributed by atoms with Crippen LogP contribution in [0, 0.1) is 0 Å². The van der Waals surface area contributed by atoms with Crippen LogP contribution in [0.3, 0.4) is 0 Å². The summed E-state index contributed by atoms with van der Waals surface area (Å²) in [7, 11) is 0. The van der Waals surface area contributed by atoms with Crippen molar-refractivity contribution in [2.45, 2.75) is 13.1 Å². The Bertz CT molecular complexity index is 844. The molecule has 0 aliphatic carbocycles. The summed E-state index contributed by atoms with van der Waals surface area (Å²) in [6, 6.07) is 18.3. The summed E-state index contributed by atoms with van der Waals surface area (Å²) >= 11 is 6.04. The predicted octanol–water partition coefficient (Wildman–Crippen LogP) is 0.874. The number of piperazine rings is 1. The van der Waals surface area contributed by atoms with Gasteiger partial charge in [-0.1, -0.05) is 59.2 Å². The van der Waals surface area contributed by atoms with E-state index in [0.29, 0.717) is 16.7 Å². The molecule has 4 rings (SSSR count). The molecule has 1 aliphatic heterocycles. The van der Waals surface area contributed by atoms with Gasteiger partial charge in [0.15, 0.2) is 6.54 Å².